The lowest BCUT2D eigenvalue weighted by molar-refractivity contribution is 1.15. The first-order valence-corrected chi connectivity index (χ1v) is 9.88. The quantitative estimate of drug-likeness (QED) is 0.266. The summed E-state index contributed by atoms with van der Waals surface area (Å²) in [5.41, 5.74) is 11.6. The van der Waals surface area contributed by atoms with E-state index in [1.54, 1.807) is 12.2 Å². The Kier molecular flexibility index (Phi) is 4.45. The van der Waals surface area contributed by atoms with Crippen LogP contribution < -0.4 is 5.73 Å². The number of hydrogen-bond donors (Lipinski definition) is 3. The Balaban J connectivity index is 0.000000250. The fourth-order valence-corrected chi connectivity index (χ4v) is 3.73. The van der Waals surface area contributed by atoms with Crippen LogP contribution in [0.2, 0.25) is 0 Å². The summed E-state index contributed by atoms with van der Waals surface area (Å²) < 4.78 is 4.19. The van der Waals surface area contributed by atoms with Gasteiger partial charge in [-0.05, 0) is 54.6 Å². The number of para-hydroxylation sites is 5. The molecule has 31 heavy (non-hydrogen) atoms. The van der Waals surface area contributed by atoms with Gasteiger partial charge in [-0.25, -0.2) is 4.98 Å². The van der Waals surface area contributed by atoms with E-state index in [1.165, 1.54) is 0 Å². The molecule has 5 aromatic rings. The highest BCUT2D eigenvalue weighted by molar-refractivity contribution is 6.50. The van der Waals surface area contributed by atoms with Crippen molar-refractivity contribution < 1.29 is 0 Å². The van der Waals surface area contributed by atoms with E-state index in [4.69, 9.17) is 21.5 Å². The van der Waals surface area contributed by atoms with Crippen LogP contribution in [0, 0.1) is 10.8 Å². The number of nitrogen functional groups attached to an aromatic ring is 1. The Labute approximate surface area is 178 Å². The maximum atomic E-state index is 7.96. The molecule has 0 aliphatic heterocycles. The highest BCUT2D eigenvalue weighted by Gasteiger charge is 2.18. The standard InChI is InChI=1S/C19H13N5.C6H7N/c20-13-10-9-12(11-14(13)21)23-17-7-3-4-8-18(17)24-16-6-2-1-5-15(16)22-19(23)24;7-6-4-2-1-3-5-6/h1-11,20-21H;1-5H,7H2. The van der Waals surface area contributed by atoms with E-state index in [0.29, 0.717) is 0 Å². The SMILES string of the molecule is N=C1C=CC(n2c3ccccc3n3c4ccccc4nc23)=CC1=N.Nc1ccccc1. The molecule has 2 heterocycles. The first-order chi connectivity index (χ1) is 15.1. The van der Waals surface area contributed by atoms with E-state index < -0.39 is 0 Å². The highest BCUT2D eigenvalue weighted by Crippen LogP contribution is 2.29. The number of anilines is 1. The van der Waals surface area contributed by atoms with Gasteiger partial charge in [0.2, 0.25) is 5.78 Å². The largest absolute Gasteiger partial charge is 0.399 e. The first-order valence-electron chi connectivity index (χ1n) is 9.88. The zero-order valence-electron chi connectivity index (χ0n) is 16.7. The zero-order valence-corrected chi connectivity index (χ0v) is 16.7. The number of hydrogen-bond acceptors (Lipinski definition) is 4. The molecule has 0 saturated carbocycles. The van der Waals surface area contributed by atoms with Crippen LogP contribution in [0.3, 0.4) is 0 Å². The second kappa shape index (κ2) is 7.42. The summed E-state index contributed by atoms with van der Waals surface area (Å²) in [6.07, 6.45) is 5.24. The molecular weight excluding hydrogens is 384 g/mol. The number of allylic oxidation sites excluding steroid dienone is 4. The predicted octanol–water partition coefficient (Wildman–Crippen LogP) is 5.16. The Bertz CT molecular complexity index is 1520. The summed E-state index contributed by atoms with van der Waals surface area (Å²) in [4.78, 5) is 4.80. The number of benzene rings is 3. The van der Waals surface area contributed by atoms with Crippen LogP contribution in [0.4, 0.5) is 5.69 Å². The molecule has 0 unspecified atom stereocenters. The third-order valence-electron chi connectivity index (χ3n) is 5.17. The van der Waals surface area contributed by atoms with E-state index in [-0.39, 0.29) is 11.4 Å². The number of aromatic nitrogens is 3. The zero-order chi connectivity index (χ0) is 21.4. The fourth-order valence-electron chi connectivity index (χ4n) is 3.73. The lowest BCUT2D eigenvalue weighted by Gasteiger charge is -2.11. The van der Waals surface area contributed by atoms with Crippen molar-refractivity contribution in [3.8, 4) is 0 Å². The van der Waals surface area contributed by atoms with Gasteiger partial charge in [-0.15, -0.1) is 0 Å². The number of rotatable bonds is 1. The molecule has 6 rings (SSSR count). The third kappa shape index (κ3) is 3.20. The number of nitrogens with zero attached hydrogens (tertiary/aromatic N) is 3. The molecule has 0 saturated heterocycles. The molecule has 0 radical (unpaired) electrons. The van der Waals surface area contributed by atoms with Crippen LogP contribution in [0.1, 0.15) is 0 Å². The average molecular weight is 404 g/mol. The van der Waals surface area contributed by atoms with Crippen molar-refractivity contribution in [3.63, 3.8) is 0 Å². The maximum absolute atomic E-state index is 7.96. The van der Waals surface area contributed by atoms with Gasteiger partial charge in [-0.2, -0.15) is 0 Å². The van der Waals surface area contributed by atoms with Crippen LogP contribution in [0.15, 0.2) is 97.1 Å². The van der Waals surface area contributed by atoms with Gasteiger partial charge in [-0.3, -0.25) is 19.8 Å². The van der Waals surface area contributed by atoms with Crippen LogP contribution in [-0.2, 0) is 0 Å². The predicted molar refractivity (Wildman–Crippen MR) is 128 cm³/mol. The summed E-state index contributed by atoms with van der Waals surface area (Å²) in [6, 6.07) is 25.7. The molecule has 6 heteroatoms. The smallest absolute Gasteiger partial charge is 0.220 e. The van der Waals surface area contributed by atoms with Crippen molar-refractivity contribution in [3.05, 3.63) is 97.1 Å². The van der Waals surface area contributed by atoms with Crippen LogP contribution >= 0.6 is 0 Å². The van der Waals surface area contributed by atoms with Gasteiger partial charge >= 0.3 is 0 Å². The lowest BCUT2D eigenvalue weighted by atomic mass is 10.1. The molecular formula is C25H20N6. The Morgan fingerprint density at radius 3 is 2.00 bits per heavy atom. The van der Waals surface area contributed by atoms with Gasteiger partial charge < -0.3 is 5.73 Å². The van der Waals surface area contributed by atoms with Gasteiger partial charge in [0.25, 0.3) is 0 Å². The van der Waals surface area contributed by atoms with Gasteiger partial charge in [0.05, 0.1) is 39.2 Å². The normalized spacial score (nSPS) is 13.5. The monoisotopic (exact) mass is 404 g/mol. The third-order valence-corrected chi connectivity index (χ3v) is 5.17. The molecule has 4 N–H and O–H groups in total. The molecule has 1 aliphatic carbocycles. The summed E-state index contributed by atoms with van der Waals surface area (Å²) in [7, 11) is 0. The minimum absolute atomic E-state index is 0.208. The summed E-state index contributed by atoms with van der Waals surface area (Å²) in [5, 5.41) is 15.7. The van der Waals surface area contributed by atoms with E-state index in [1.807, 2.05) is 71.3 Å². The molecule has 0 amide bonds. The van der Waals surface area contributed by atoms with Crippen molar-refractivity contribution in [2.75, 3.05) is 5.73 Å². The molecule has 2 aromatic heterocycles. The van der Waals surface area contributed by atoms with Crippen molar-refractivity contribution in [2.45, 2.75) is 0 Å². The summed E-state index contributed by atoms with van der Waals surface area (Å²) >= 11 is 0. The minimum atomic E-state index is 0.208. The van der Waals surface area contributed by atoms with Gasteiger partial charge in [-0.1, -0.05) is 42.5 Å². The highest BCUT2D eigenvalue weighted by atomic mass is 15.2. The molecule has 6 nitrogen and oxygen atoms in total. The number of nitrogens with one attached hydrogen (secondary N) is 2. The molecule has 0 spiro atoms. The number of imidazole rings is 2. The number of fused-ring (bicyclic) bond motifs is 5. The van der Waals surface area contributed by atoms with Crippen molar-refractivity contribution in [1.82, 2.24) is 14.0 Å². The maximum Gasteiger partial charge on any atom is 0.220 e. The summed E-state index contributed by atoms with van der Waals surface area (Å²) in [6.45, 7) is 0. The van der Waals surface area contributed by atoms with Crippen molar-refractivity contribution >= 4 is 50.7 Å². The second-order valence-electron chi connectivity index (χ2n) is 7.20. The molecule has 0 bridgehead atoms. The Morgan fingerprint density at radius 2 is 1.32 bits per heavy atom. The molecule has 1 aliphatic rings. The Hall–Kier alpha value is -4.45. The van der Waals surface area contributed by atoms with Gasteiger partial charge in [0.1, 0.15) is 0 Å². The molecule has 0 atom stereocenters. The van der Waals surface area contributed by atoms with E-state index in [0.717, 1.165) is 39.2 Å². The number of nitrogens with two attached hydrogens (primary N) is 1. The second-order valence-corrected chi connectivity index (χ2v) is 7.20. The van der Waals surface area contributed by atoms with Crippen LogP contribution in [0.5, 0.6) is 0 Å². The molecule has 150 valence electrons. The van der Waals surface area contributed by atoms with Crippen molar-refractivity contribution in [1.29, 1.82) is 10.8 Å². The van der Waals surface area contributed by atoms with E-state index >= 15 is 0 Å². The van der Waals surface area contributed by atoms with Crippen molar-refractivity contribution in [2.24, 2.45) is 0 Å². The fraction of sp³-hybridized carbons (Fsp3) is 0. The first kappa shape index (κ1) is 18.6. The lowest BCUT2D eigenvalue weighted by Crippen LogP contribution is -2.12. The van der Waals surface area contributed by atoms with Crippen LogP contribution in [-0.4, -0.2) is 25.4 Å². The van der Waals surface area contributed by atoms with Crippen LogP contribution in [0.25, 0.3) is 33.5 Å². The molecule has 0 fully saturated rings. The minimum Gasteiger partial charge on any atom is -0.399 e. The topological polar surface area (TPSA) is 96.0 Å². The molecule has 3 aromatic carbocycles. The summed E-state index contributed by atoms with van der Waals surface area (Å²) in [5.74, 6) is 0.814. The Morgan fingerprint density at radius 1 is 0.677 bits per heavy atom. The van der Waals surface area contributed by atoms with E-state index in [9.17, 15) is 0 Å². The van der Waals surface area contributed by atoms with Gasteiger partial charge in [0, 0.05) is 5.69 Å². The van der Waals surface area contributed by atoms with E-state index in [2.05, 4.69) is 22.6 Å². The average Bonchev–Trinajstić information content (AvgIpc) is 3.31. The van der Waals surface area contributed by atoms with Gasteiger partial charge in [0.15, 0.2) is 0 Å².